The van der Waals surface area contributed by atoms with Gasteiger partial charge in [-0.2, -0.15) is 0 Å². The molecule has 1 heterocycles. The average molecular weight is 588 g/mol. The molecule has 6 atom stereocenters. The van der Waals surface area contributed by atoms with E-state index in [0.29, 0.717) is 17.2 Å². The summed E-state index contributed by atoms with van der Waals surface area (Å²) < 4.78 is 15.4. The van der Waals surface area contributed by atoms with Gasteiger partial charge in [0.15, 0.2) is 6.61 Å². The predicted molar refractivity (Wildman–Crippen MR) is 124 cm³/mol. The number of halogens is 2. The normalized spacial score (nSPS) is 29.8. The first-order chi connectivity index (χ1) is 15.8. The summed E-state index contributed by atoms with van der Waals surface area (Å²) in [7, 11) is 2.97. The highest BCUT2D eigenvalue weighted by Gasteiger charge is 2.66. The van der Waals surface area contributed by atoms with Gasteiger partial charge in [-0.15, -0.1) is 0 Å². The number of esters is 1. The van der Waals surface area contributed by atoms with Gasteiger partial charge in [0.25, 0.3) is 5.91 Å². The third-order valence-corrected chi connectivity index (χ3v) is 9.87. The minimum atomic E-state index is -0.667. The molecule has 1 aliphatic heterocycles. The van der Waals surface area contributed by atoms with Crippen LogP contribution in [0.25, 0.3) is 0 Å². The molecule has 2 aliphatic carbocycles. The first-order valence-corrected chi connectivity index (χ1v) is 12.4. The molecular weight excluding hydrogens is 564 g/mol. The van der Waals surface area contributed by atoms with Gasteiger partial charge in [-0.05, 0) is 30.4 Å². The molecule has 1 N–H and O–H groups in total. The van der Waals surface area contributed by atoms with Crippen molar-refractivity contribution in [1.82, 2.24) is 4.90 Å². The number of alkyl halides is 2. The van der Waals surface area contributed by atoms with Crippen LogP contribution in [0.15, 0.2) is 18.2 Å². The van der Waals surface area contributed by atoms with Gasteiger partial charge in [0.1, 0.15) is 11.5 Å². The average Bonchev–Trinajstić information content (AvgIpc) is 3.41. The van der Waals surface area contributed by atoms with E-state index in [2.05, 4.69) is 37.2 Å². The summed E-state index contributed by atoms with van der Waals surface area (Å²) in [5, 5.41) is 2.61. The van der Waals surface area contributed by atoms with Crippen LogP contribution in [0.4, 0.5) is 5.69 Å². The molecule has 11 heteroatoms. The number of hydrogen-bond donors (Lipinski definition) is 1. The number of nitrogens with zero attached hydrogens (tertiary/aromatic N) is 1. The number of carbonyl (C=O) groups excluding carboxylic acids is 4. The van der Waals surface area contributed by atoms with E-state index in [-0.39, 0.29) is 58.1 Å². The summed E-state index contributed by atoms with van der Waals surface area (Å²) >= 11 is 7.29. The van der Waals surface area contributed by atoms with E-state index in [1.807, 2.05) is 0 Å². The van der Waals surface area contributed by atoms with Crippen LogP contribution < -0.4 is 14.8 Å². The number of rotatable bonds is 8. The highest BCUT2D eigenvalue weighted by molar-refractivity contribution is 9.12. The standard InChI is InChI=1S/C22H24Br2N2O7/c1-31-10-3-4-14(32-2)13(7-10)25-15(27)9-33-16(28)5-6-26-21(29)17-11-8-12(18(17)22(26)30)20(24)19(11)23/h3-4,7,11-12,17-20H,5-6,8-9H2,1-2H3,(H,25,27)/t11-,12-,17-,18+,19+,20+/m1/s1. The lowest BCUT2D eigenvalue weighted by Gasteiger charge is -2.28. The maximum atomic E-state index is 12.9. The zero-order valence-electron chi connectivity index (χ0n) is 18.1. The SMILES string of the molecule is COc1ccc(OC)c(NC(=O)COC(=O)CCN2C(=O)[C@@H]3[C@H]4C[C@@H]([C@H](Br)[C@H]4Br)[C@@H]3C2=O)c1. The maximum Gasteiger partial charge on any atom is 0.308 e. The summed E-state index contributed by atoms with van der Waals surface area (Å²) in [6, 6.07) is 4.91. The molecule has 1 saturated heterocycles. The first kappa shape index (κ1) is 24.0. The third kappa shape index (κ3) is 4.37. The molecule has 178 valence electrons. The second-order valence-electron chi connectivity index (χ2n) is 8.36. The Labute approximate surface area is 207 Å². The van der Waals surface area contributed by atoms with E-state index in [0.717, 1.165) is 6.42 Å². The van der Waals surface area contributed by atoms with Crippen molar-refractivity contribution in [2.45, 2.75) is 22.5 Å². The number of methoxy groups -OCH3 is 2. The Morgan fingerprint density at radius 2 is 1.70 bits per heavy atom. The summed E-state index contributed by atoms with van der Waals surface area (Å²) in [6.45, 7) is -0.554. The van der Waals surface area contributed by atoms with Gasteiger partial charge in [-0.25, -0.2) is 0 Å². The third-order valence-electron chi connectivity index (χ3n) is 6.66. The number of fused-ring (bicyclic) bond motifs is 5. The Balaban J connectivity index is 1.27. The van der Waals surface area contributed by atoms with E-state index in [1.165, 1.54) is 19.1 Å². The van der Waals surface area contributed by atoms with E-state index >= 15 is 0 Å². The highest BCUT2D eigenvalue weighted by Crippen LogP contribution is 2.60. The molecule has 0 spiro atoms. The Kier molecular flexibility index (Phi) is 6.99. The van der Waals surface area contributed by atoms with Gasteiger partial charge in [0.2, 0.25) is 11.8 Å². The number of nitrogens with one attached hydrogen (secondary N) is 1. The van der Waals surface area contributed by atoms with Gasteiger partial charge in [0.05, 0.1) is 38.2 Å². The Bertz CT molecular complexity index is 955. The Morgan fingerprint density at radius 1 is 1.06 bits per heavy atom. The molecular formula is C22H24Br2N2O7. The van der Waals surface area contributed by atoms with Crippen molar-refractivity contribution in [2.24, 2.45) is 23.7 Å². The summed E-state index contributed by atoms with van der Waals surface area (Å²) in [4.78, 5) is 51.6. The zero-order valence-corrected chi connectivity index (χ0v) is 21.3. The van der Waals surface area contributed by atoms with Crippen LogP contribution >= 0.6 is 31.9 Å². The summed E-state index contributed by atoms with van der Waals surface area (Å²) in [6.07, 6.45) is 0.680. The van der Waals surface area contributed by atoms with Gasteiger partial charge in [-0.3, -0.25) is 24.1 Å². The topological polar surface area (TPSA) is 111 Å². The van der Waals surface area contributed by atoms with Gasteiger partial charge in [0, 0.05) is 22.3 Å². The fourth-order valence-corrected chi connectivity index (χ4v) is 7.02. The summed E-state index contributed by atoms with van der Waals surface area (Å²) in [5.74, 6) is -1.09. The van der Waals surface area contributed by atoms with Crippen molar-refractivity contribution >= 4 is 61.2 Å². The Hall–Kier alpha value is -2.14. The molecule has 1 aromatic rings. The number of likely N-dealkylation sites (tertiary alicyclic amines) is 1. The second-order valence-corrected chi connectivity index (χ2v) is 10.5. The van der Waals surface area contributed by atoms with Crippen LogP contribution in [-0.4, -0.2) is 65.6 Å². The van der Waals surface area contributed by atoms with Crippen LogP contribution in [0.1, 0.15) is 12.8 Å². The van der Waals surface area contributed by atoms with Crippen LogP contribution in [0.2, 0.25) is 0 Å². The molecule has 0 radical (unpaired) electrons. The second kappa shape index (κ2) is 9.61. The van der Waals surface area contributed by atoms with Crippen molar-refractivity contribution < 1.29 is 33.4 Å². The number of benzene rings is 1. The fourth-order valence-electron chi connectivity index (χ4n) is 5.15. The zero-order chi connectivity index (χ0) is 23.9. The molecule has 33 heavy (non-hydrogen) atoms. The van der Waals surface area contributed by atoms with Crippen LogP contribution in [0, 0.1) is 23.7 Å². The number of ether oxygens (including phenoxy) is 3. The number of hydrogen-bond acceptors (Lipinski definition) is 7. The quantitative estimate of drug-likeness (QED) is 0.282. The van der Waals surface area contributed by atoms with Crippen molar-refractivity contribution in [3.8, 4) is 11.5 Å². The number of imide groups is 1. The fraction of sp³-hybridized carbons (Fsp3) is 0.545. The number of carbonyl (C=O) groups is 4. The molecule has 9 nitrogen and oxygen atoms in total. The molecule has 3 fully saturated rings. The van der Waals surface area contributed by atoms with Crippen molar-refractivity contribution in [1.29, 1.82) is 0 Å². The van der Waals surface area contributed by atoms with E-state index in [9.17, 15) is 19.2 Å². The predicted octanol–water partition coefficient (Wildman–Crippen LogP) is 2.35. The molecule has 0 unspecified atom stereocenters. The number of anilines is 1. The van der Waals surface area contributed by atoms with Crippen LogP contribution in [0.5, 0.6) is 11.5 Å². The minimum Gasteiger partial charge on any atom is -0.497 e. The molecule has 1 aromatic carbocycles. The van der Waals surface area contributed by atoms with Gasteiger partial charge >= 0.3 is 5.97 Å². The maximum absolute atomic E-state index is 12.9. The highest BCUT2D eigenvalue weighted by atomic mass is 79.9. The van der Waals surface area contributed by atoms with Crippen molar-refractivity contribution in [3.63, 3.8) is 0 Å². The number of amides is 3. The molecule has 0 aromatic heterocycles. The lowest BCUT2D eigenvalue weighted by Crippen LogP contribution is -2.37. The first-order valence-electron chi connectivity index (χ1n) is 10.6. The monoisotopic (exact) mass is 586 g/mol. The van der Waals surface area contributed by atoms with E-state index in [1.54, 1.807) is 18.2 Å². The van der Waals surface area contributed by atoms with Crippen molar-refractivity contribution in [3.05, 3.63) is 18.2 Å². The van der Waals surface area contributed by atoms with Crippen LogP contribution in [-0.2, 0) is 23.9 Å². The van der Waals surface area contributed by atoms with Crippen LogP contribution in [0.3, 0.4) is 0 Å². The minimum absolute atomic E-state index is 0.0474. The Morgan fingerprint density at radius 3 is 2.27 bits per heavy atom. The van der Waals surface area contributed by atoms with E-state index < -0.39 is 18.5 Å². The molecule has 3 aliphatic rings. The molecule has 2 bridgehead atoms. The lowest BCUT2D eigenvalue weighted by atomic mass is 9.81. The van der Waals surface area contributed by atoms with Crippen molar-refractivity contribution in [2.75, 3.05) is 32.7 Å². The van der Waals surface area contributed by atoms with Gasteiger partial charge < -0.3 is 19.5 Å². The largest absolute Gasteiger partial charge is 0.497 e. The molecule has 4 rings (SSSR count). The molecule has 3 amide bonds. The smallest absolute Gasteiger partial charge is 0.308 e. The lowest BCUT2D eigenvalue weighted by molar-refractivity contribution is -0.149. The molecule has 2 saturated carbocycles. The summed E-state index contributed by atoms with van der Waals surface area (Å²) in [5.41, 5.74) is 0.377. The van der Waals surface area contributed by atoms with E-state index in [4.69, 9.17) is 14.2 Å². The van der Waals surface area contributed by atoms with Gasteiger partial charge in [-0.1, -0.05) is 31.9 Å².